The van der Waals surface area contributed by atoms with Crippen molar-refractivity contribution in [3.05, 3.63) is 0 Å². The van der Waals surface area contributed by atoms with Gasteiger partial charge in [0.05, 0.1) is 6.42 Å². The molecular formula is C10H17NO2. The summed E-state index contributed by atoms with van der Waals surface area (Å²) in [5, 5.41) is 8.73. The molecule has 3 atom stereocenters. The van der Waals surface area contributed by atoms with Gasteiger partial charge in [0.1, 0.15) is 0 Å². The Balaban J connectivity index is 1.85. The van der Waals surface area contributed by atoms with E-state index in [0.29, 0.717) is 6.42 Å². The number of carboxylic acids is 1. The molecule has 3 nitrogen and oxygen atoms in total. The maximum atomic E-state index is 10.6. The van der Waals surface area contributed by atoms with Gasteiger partial charge in [-0.05, 0) is 24.7 Å². The predicted octanol–water partition coefficient (Wildman–Crippen LogP) is 1.19. The molecule has 13 heavy (non-hydrogen) atoms. The Bertz CT molecular complexity index is 207. The summed E-state index contributed by atoms with van der Waals surface area (Å²) in [5.41, 5.74) is 0. The molecule has 1 aliphatic carbocycles. The Morgan fingerprint density at radius 2 is 2.15 bits per heavy atom. The Morgan fingerprint density at radius 1 is 1.54 bits per heavy atom. The van der Waals surface area contributed by atoms with Gasteiger partial charge in [-0.2, -0.15) is 0 Å². The highest BCUT2D eigenvalue weighted by molar-refractivity contribution is 5.67. The van der Waals surface area contributed by atoms with Crippen LogP contribution in [0.15, 0.2) is 0 Å². The number of likely N-dealkylation sites (tertiary alicyclic amines) is 1. The molecule has 1 saturated carbocycles. The molecule has 1 aliphatic heterocycles. The largest absolute Gasteiger partial charge is 0.481 e. The first-order valence-electron chi connectivity index (χ1n) is 5.16. The minimum absolute atomic E-state index is 0.283. The third-order valence-corrected chi connectivity index (χ3v) is 3.40. The molecule has 1 saturated heterocycles. The fraction of sp³-hybridized carbons (Fsp3) is 0.900. The lowest BCUT2D eigenvalue weighted by molar-refractivity contribution is -0.138. The van der Waals surface area contributed by atoms with Gasteiger partial charge in [-0.3, -0.25) is 9.69 Å². The van der Waals surface area contributed by atoms with Crippen molar-refractivity contribution in [3.63, 3.8) is 0 Å². The highest BCUT2D eigenvalue weighted by atomic mass is 16.4. The van der Waals surface area contributed by atoms with Crippen LogP contribution in [0.4, 0.5) is 0 Å². The van der Waals surface area contributed by atoms with E-state index in [2.05, 4.69) is 11.8 Å². The summed E-state index contributed by atoms with van der Waals surface area (Å²) in [4.78, 5) is 13.0. The second kappa shape index (κ2) is 3.29. The summed E-state index contributed by atoms with van der Waals surface area (Å²) in [6, 6.07) is 0.283. The van der Waals surface area contributed by atoms with Crippen LogP contribution < -0.4 is 0 Å². The fourth-order valence-electron chi connectivity index (χ4n) is 2.47. The first-order valence-corrected chi connectivity index (χ1v) is 5.16. The van der Waals surface area contributed by atoms with E-state index in [4.69, 9.17) is 5.11 Å². The van der Waals surface area contributed by atoms with E-state index in [1.807, 2.05) is 0 Å². The summed E-state index contributed by atoms with van der Waals surface area (Å²) in [6.45, 7) is 4.38. The van der Waals surface area contributed by atoms with E-state index < -0.39 is 5.97 Å². The summed E-state index contributed by atoms with van der Waals surface area (Å²) < 4.78 is 0. The Labute approximate surface area is 78.7 Å². The SMILES string of the molecule is CCC(CC(=O)O)N1CC2CC2C1. The molecule has 3 heteroatoms. The van der Waals surface area contributed by atoms with Gasteiger partial charge in [0, 0.05) is 19.1 Å². The number of carbonyl (C=O) groups is 1. The van der Waals surface area contributed by atoms with Crippen molar-refractivity contribution >= 4 is 5.97 Å². The summed E-state index contributed by atoms with van der Waals surface area (Å²) in [7, 11) is 0. The van der Waals surface area contributed by atoms with Crippen LogP contribution in [0.3, 0.4) is 0 Å². The predicted molar refractivity (Wildman–Crippen MR) is 49.5 cm³/mol. The van der Waals surface area contributed by atoms with Crippen LogP contribution in [0.5, 0.6) is 0 Å². The smallest absolute Gasteiger partial charge is 0.304 e. The summed E-state index contributed by atoms with van der Waals surface area (Å²) in [6.07, 6.45) is 2.67. The molecule has 0 radical (unpaired) electrons. The van der Waals surface area contributed by atoms with Gasteiger partial charge in [0.2, 0.25) is 0 Å². The van der Waals surface area contributed by atoms with Crippen molar-refractivity contribution in [2.75, 3.05) is 13.1 Å². The molecule has 0 amide bonds. The normalized spacial score (nSPS) is 34.2. The van der Waals surface area contributed by atoms with E-state index in [1.54, 1.807) is 0 Å². The Morgan fingerprint density at radius 3 is 2.62 bits per heavy atom. The molecule has 0 bridgehead atoms. The molecule has 0 spiro atoms. The van der Waals surface area contributed by atoms with Gasteiger partial charge in [-0.25, -0.2) is 0 Å². The zero-order valence-corrected chi connectivity index (χ0v) is 8.07. The number of fused-ring (bicyclic) bond motifs is 1. The van der Waals surface area contributed by atoms with E-state index in [-0.39, 0.29) is 6.04 Å². The average molecular weight is 183 g/mol. The molecule has 1 heterocycles. The maximum Gasteiger partial charge on any atom is 0.304 e. The quantitative estimate of drug-likeness (QED) is 0.711. The second-order valence-corrected chi connectivity index (χ2v) is 4.37. The lowest BCUT2D eigenvalue weighted by Gasteiger charge is -2.26. The molecule has 0 aromatic carbocycles. The highest BCUT2D eigenvalue weighted by Crippen LogP contribution is 2.45. The first kappa shape index (κ1) is 9.00. The minimum atomic E-state index is -0.660. The van der Waals surface area contributed by atoms with Crippen LogP contribution in [0.1, 0.15) is 26.2 Å². The number of aliphatic carboxylic acids is 1. The summed E-state index contributed by atoms with van der Waals surface area (Å²) >= 11 is 0. The minimum Gasteiger partial charge on any atom is -0.481 e. The lowest BCUT2D eigenvalue weighted by atomic mass is 10.1. The monoisotopic (exact) mass is 183 g/mol. The fourth-order valence-corrected chi connectivity index (χ4v) is 2.47. The van der Waals surface area contributed by atoms with Crippen molar-refractivity contribution in [1.29, 1.82) is 0 Å². The van der Waals surface area contributed by atoms with Gasteiger partial charge in [-0.15, -0.1) is 0 Å². The van der Waals surface area contributed by atoms with Gasteiger partial charge >= 0.3 is 5.97 Å². The van der Waals surface area contributed by atoms with Crippen molar-refractivity contribution in [1.82, 2.24) is 4.90 Å². The van der Waals surface area contributed by atoms with E-state index >= 15 is 0 Å². The number of hydrogen-bond donors (Lipinski definition) is 1. The molecule has 2 aliphatic rings. The standard InChI is InChI=1S/C10H17NO2/c1-2-9(4-10(12)13)11-5-7-3-8(7)6-11/h7-9H,2-6H2,1H3,(H,12,13). The van der Waals surface area contributed by atoms with E-state index in [9.17, 15) is 4.79 Å². The number of nitrogens with zero attached hydrogens (tertiary/aromatic N) is 1. The molecule has 0 aromatic rings. The third kappa shape index (κ3) is 1.85. The van der Waals surface area contributed by atoms with Crippen LogP contribution in [0.25, 0.3) is 0 Å². The van der Waals surface area contributed by atoms with Gasteiger partial charge in [0.25, 0.3) is 0 Å². The number of carboxylic acid groups (broad SMARTS) is 1. The number of rotatable bonds is 4. The van der Waals surface area contributed by atoms with Crippen LogP contribution in [-0.2, 0) is 4.79 Å². The van der Waals surface area contributed by atoms with E-state index in [1.165, 1.54) is 6.42 Å². The molecule has 2 fully saturated rings. The van der Waals surface area contributed by atoms with Crippen LogP contribution in [0.2, 0.25) is 0 Å². The highest BCUT2D eigenvalue weighted by Gasteiger charge is 2.46. The van der Waals surface area contributed by atoms with Crippen molar-refractivity contribution < 1.29 is 9.90 Å². The van der Waals surface area contributed by atoms with Gasteiger partial charge < -0.3 is 5.11 Å². The molecule has 1 N–H and O–H groups in total. The molecule has 3 unspecified atom stereocenters. The average Bonchev–Trinajstić information content (AvgIpc) is 2.69. The first-order chi connectivity index (χ1) is 6.20. The van der Waals surface area contributed by atoms with Crippen LogP contribution in [0, 0.1) is 11.8 Å². The number of hydrogen-bond acceptors (Lipinski definition) is 2. The van der Waals surface area contributed by atoms with Crippen molar-refractivity contribution in [2.24, 2.45) is 11.8 Å². The van der Waals surface area contributed by atoms with Crippen LogP contribution >= 0.6 is 0 Å². The molecule has 74 valence electrons. The second-order valence-electron chi connectivity index (χ2n) is 4.37. The number of piperidine rings is 1. The van der Waals surface area contributed by atoms with Crippen LogP contribution in [-0.4, -0.2) is 35.1 Å². The molecule has 0 aromatic heterocycles. The van der Waals surface area contributed by atoms with Gasteiger partial charge in [0.15, 0.2) is 0 Å². The van der Waals surface area contributed by atoms with Crippen molar-refractivity contribution in [3.8, 4) is 0 Å². The molecule has 2 rings (SSSR count). The van der Waals surface area contributed by atoms with E-state index in [0.717, 1.165) is 31.3 Å². The van der Waals surface area contributed by atoms with Gasteiger partial charge in [-0.1, -0.05) is 6.92 Å². The Kier molecular flexibility index (Phi) is 2.28. The zero-order chi connectivity index (χ0) is 9.42. The van der Waals surface area contributed by atoms with Crippen molar-refractivity contribution in [2.45, 2.75) is 32.2 Å². The molecular weight excluding hydrogens is 166 g/mol. The topological polar surface area (TPSA) is 40.5 Å². The zero-order valence-electron chi connectivity index (χ0n) is 8.07. The lowest BCUT2D eigenvalue weighted by Crippen LogP contribution is -2.35. The third-order valence-electron chi connectivity index (χ3n) is 3.40. The Hall–Kier alpha value is -0.570. The maximum absolute atomic E-state index is 10.6. The summed E-state index contributed by atoms with van der Waals surface area (Å²) in [5.74, 6) is 1.15.